The Morgan fingerprint density at radius 2 is 1.69 bits per heavy atom. The molecule has 1 N–H and O–H groups in total. The molecule has 1 aromatic rings. The minimum atomic E-state index is -3.54. The van der Waals surface area contributed by atoms with Gasteiger partial charge in [-0.2, -0.15) is 4.31 Å². The van der Waals surface area contributed by atoms with Crippen LogP contribution in [0.2, 0.25) is 0 Å². The van der Waals surface area contributed by atoms with E-state index in [-0.39, 0.29) is 16.8 Å². The first-order valence-electron chi connectivity index (χ1n) is 8.85. The predicted octanol–water partition coefficient (Wildman–Crippen LogP) is 4.16. The molecule has 26 heavy (non-hydrogen) atoms. The van der Waals surface area contributed by atoms with Crippen LogP contribution >= 0.6 is 23.2 Å². The molecule has 144 valence electrons. The quantitative estimate of drug-likeness (QED) is 0.729. The van der Waals surface area contributed by atoms with Crippen molar-refractivity contribution < 1.29 is 13.2 Å². The number of halogens is 2. The molecule has 5 nitrogen and oxygen atoms in total. The maximum Gasteiger partial charge on any atom is 0.243 e. The van der Waals surface area contributed by atoms with Gasteiger partial charge in [-0.05, 0) is 50.5 Å². The maximum absolute atomic E-state index is 12.8. The van der Waals surface area contributed by atoms with Crippen molar-refractivity contribution in [1.82, 2.24) is 4.31 Å². The Morgan fingerprint density at radius 1 is 1.15 bits per heavy atom. The zero-order valence-corrected chi connectivity index (χ0v) is 17.3. The van der Waals surface area contributed by atoms with Crippen LogP contribution in [0, 0.1) is 5.41 Å². The zero-order valence-electron chi connectivity index (χ0n) is 15.0. The summed E-state index contributed by atoms with van der Waals surface area (Å²) in [5.74, 6) is -0.266. The van der Waals surface area contributed by atoms with Gasteiger partial charge in [-0.15, -0.1) is 23.2 Å². The fourth-order valence-electron chi connectivity index (χ4n) is 3.43. The molecule has 0 radical (unpaired) electrons. The molecule has 8 heteroatoms. The number of alkyl halides is 2. The van der Waals surface area contributed by atoms with Crippen LogP contribution in [0.15, 0.2) is 29.2 Å². The molecule has 1 amide bonds. The first-order valence-corrected chi connectivity index (χ1v) is 11.0. The lowest BCUT2D eigenvalue weighted by Gasteiger charge is -2.30. The fourth-order valence-corrected chi connectivity index (χ4v) is 5.55. The van der Waals surface area contributed by atoms with Crippen molar-refractivity contribution in [3.05, 3.63) is 24.3 Å². The monoisotopic (exact) mass is 418 g/mol. The van der Waals surface area contributed by atoms with E-state index in [2.05, 4.69) is 5.32 Å². The average molecular weight is 419 g/mol. The van der Waals surface area contributed by atoms with E-state index in [1.165, 1.54) is 22.9 Å². The van der Waals surface area contributed by atoms with Gasteiger partial charge >= 0.3 is 0 Å². The number of carbonyl (C=O) groups is 1. The molecule has 0 heterocycles. The van der Waals surface area contributed by atoms with Crippen LogP contribution in [0.1, 0.15) is 45.4 Å². The van der Waals surface area contributed by atoms with E-state index in [9.17, 15) is 13.2 Å². The molecule has 1 atom stereocenters. The van der Waals surface area contributed by atoms with Crippen LogP contribution in [0.5, 0.6) is 0 Å². The van der Waals surface area contributed by atoms with E-state index < -0.39 is 19.8 Å². The SMILES string of the molecule is CN(C1CCCCC1)S(=O)(=O)c1ccc(NC(=O)C2(C)CC2(Cl)Cl)cc1. The molecule has 2 saturated carbocycles. The summed E-state index contributed by atoms with van der Waals surface area (Å²) in [6.07, 6.45) is 5.51. The highest BCUT2D eigenvalue weighted by Gasteiger charge is 2.67. The van der Waals surface area contributed by atoms with Gasteiger partial charge in [0.15, 0.2) is 0 Å². The number of nitrogens with zero attached hydrogens (tertiary/aromatic N) is 1. The normalized spacial score (nSPS) is 25.9. The highest BCUT2D eigenvalue weighted by molar-refractivity contribution is 7.89. The summed E-state index contributed by atoms with van der Waals surface area (Å²) in [6.45, 7) is 1.71. The first kappa shape index (κ1) is 19.9. The molecule has 0 aliphatic heterocycles. The Kier molecular flexibility index (Phi) is 5.34. The third-order valence-corrected chi connectivity index (χ3v) is 8.66. The molecule has 1 aromatic carbocycles. The largest absolute Gasteiger partial charge is 0.326 e. The molecule has 0 saturated heterocycles. The Hall–Kier alpha value is -0.820. The van der Waals surface area contributed by atoms with Crippen molar-refractivity contribution in [2.45, 2.75) is 60.7 Å². The molecule has 2 aliphatic rings. The highest BCUT2D eigenvalue weighted by Crippen LogP contribution is 2.64. The summed E-state index contributed by atoms with van der Waals surface area (Å²) in [5.41, 5.74) is -0.297. The van der Waals surface area contributed by atoms with Crippen molar-refractivity contribution >= 4 is 44.8 Å². The number of benzene rings is 1. The minimum absolute atomic E-state index is 0.0588. The standard InChI is InChI=1S/C18H24Cl2N2O3S/c1-17(12-18(17,19)20)16(23)21-13-8-10-15(11-9-13)26(24,25)22(2)14-6-4-3-5-7-14/h8-11,14H,3-7,12H2,1-2H3,(H,21,23). The third-order valence-electron chi connectivity index (χ3n) is 5.64. The molecule has 0 spiro atoms. The van der Waals surface area contributed by atoms with E-state index in [0.717, 1.165) is 25.7 Å². The number of anilines is 1. The number of rotatable bonds is 5. The Morgan fingerprint density at radius 3 is 2.19 bits per heavy atom. The van der Waals surface area contributed by atoms with Gasteiger partial charge in [0.25, 0.3) is 0 Å². The van der Waals surface area contributed by atoms with Gasteiger partial charge < -0.3 is 5.32 Å². The van der Waals surface area contributed by atoms with Gasteiger partial charge in [-0.25, -0.2) is 8.42 Å². The van der Waals surface area contributed by atoms with E-state index in [0.29, 0.717) is 12.1 Å². The zero-order chi connectivity index (χ0) is 19.2. The number of nitrogens with one attached hydrogen (secondary N) is 1. The fraction of sp³-hybridized carbons (Fsp3) is 0.611. The van der Waals surface area contributed by atoms with Gasteiger partial charge in [-0.3, -0.25) is 4.79 Å². The van der Waals surface area contributed by atoms with Gasteiger partial charge in [0, 0.05) is 18.8 Å². The molecular weight excluding hydrogens is 395 g/mol. The lowest BCUT2D eigenvalue weighted by atomic mass is 9.96. The van der Waals surface area contributed by atoms with Crippen molar-refractivity contribution in [1.29, 1.82) is 0 Å². The van der Waals surface area contributed by atoms with Crippen LogP contribution in [-0.2, 0) is 14.8 Å². The summed E-state index contributed by atoms with van der Waals surface area (Å²) < 4.78 is 26.1. The second-order valence-corrected chi connectivity index (χ2v) is 11.0. The van der Waals surface area contributed by atoms with Gasteiger partial charge in [0.1, 0.15) is 4.33 Å². The van der Waals surface area contributed by atoms with Crippen LogP contribution < -0.4 is 5.32 Å². The number of sulfonamides is 1. The Bertz CT molecular complexity index is 789. The molecule has 0 aromatic heterocycles. The highest BCUT2D eigenvalue weighted by atomic mass is 35.5. The maximum atomic E-state index is 12.8. The lowest BCUT2D eigenvalue weighted by molar-refractivity contribution is -0.120. The summed E-state index contributed by atoms with van der Waals surface area (Å²) in [7, 11) is -1.89. The molecule has 0 bridgehead atoms. The van der Waals surface area contributed by atoms with Crippen LogP contribution in [0.25, 0.3) is 0 Å². The van der Waals surface area contributed by atoms with Crippen molar-refractivity contribution in [3.63, 3.8) is 0 Å². The van der Waals surface area contributed by atoms with E-state index in [1.807, 2.05) is 0 Å². The smallest absolute Gasteiger partial charge is 0.243 e. The van der Waals surface area contributed by atoms with E-state index in [1.54, 1.807) is 26.1 Å². The second-order valence-electron chi connectivity index (χ2n) is 7.50. The molecule has 2 aliphatic carbocycles. The van der Waals surface area contributed by atoms with Gasteiger partial charge in [0.05, 0.1) is 10.3 Å². The Labute approximate surface area is 165 Å². The van der Waals surface area contributed by atoms with Crippen molar-refractivity contribution in [2.24, 2.45) is 5.41 Å². The number of hydrogen-bond donors (Lipinski definition) is 1. The molecular formula is C18H24Cl2N2O3S. The number of amides is 1. The topological polar surface area (TPSA) is 66.5 Å². The first-order chi connectivity index (χ1) is 12.1. The average Bonchev–Trinajstić information content (AvgIpc) is 3.15. The molecule has 2 fully saturated rings. The lowest BCUT2D eigenvalue weighted by Crippen LogP contribution is -2.38. The van der Waals surface area contributed by atoms with Crippen LogP contribution in [-0.4, -0.2) is 36.1 Å². The predicted molar refractivity (Wildman–Crippen MR) is 104 cm³/mol. The summed E-state index contributed by atoms with van der Waals surface area (Å²) in [5, 5.41) is 2.75. The summed E-state index contributed by atoms with van der Waals surface area (Å²) >= 11 is 12.0. The minimum Gasteiger partial charge on any atom is -0.326 e. The summed E-state index contributed by atoms with van der Waals surface area (Å²) in [4.78, 5) is 12.5. The van der Waals surface area contributed by atoms with Crippen molar-refractivity contribution in [3.8, 4) is 0 Å². The Balaban J connectivity index is 1.69. The van der Waals surface area contributed by atoms with Crippen molar-refractivity contribution in [2.75, 3.05) is 12.4 Å². The van der Waals surface area contributed by atoms with Gasteiger partial charge in [-0.1, -0.05) is 19.3 Å². The number of carbonyl (C=O) groups excluding carboxylic acids is 1. The third kappa shape index (κ3) is 3.61. The molecule has 3 rings (SSSR count). The van der Waals surface area contributed by atoms with Gasteiger partial charge in [0.2, 0.25) is 15.9 Å². The summed E-state index contributed by atoms with van der Waals surface area (Å²) in [6, 6.07) is 6.29. The van der Waals surface area contributed by atoms with E-state index in [4.69, 9.17) is 23.2 Å². The van der Waals surface area contributed by atoms with E-state index >= 15 is 0 Å². The van der Waals surface area contributed by atoms with Crippen LogP contribution in [0.4, 0.5) is 5.69 Å². The van der Waals surface area contributed by atoms with Crippen LogP contribution in [0.3, 0.4) is 0 Å². The second kappa shape index (κ2) is 6.97. The number of hydrogen-bond acceptors (Lipinski definition) is 3. The molecule has 1 unspecified atom stereocenters.